The lowest BCUT2D eigenvalue weighted by molar-refractivity contribution is 0.00298. The quantitative estimate of drug-likeness (QED) is 0.886. The first-order valence-electron chi connectivity index (χ1n) is 5.32. The fraction of sp³-hybridized carbons (Fsp3) is 0.500. The predicted octanol–water partition coefficient (Wildman–Crippen LogP) is 3.46. The summed E-state index contributed by atoms with van der Waals surface area (Å²) in [6, 6.07) is 7.51. The number of nitrogens with two attached hydrogens (primary N) is 1. The molecule has 1 atom stereocenters. The molecule has 1 aliphatic rings. The standard InChI is InChI=1S/C12H14BrF2N/c13-10-4-2-1-3-9(10)11(8-16)5-6-12(14,15)7-11/h1-4H,5-8,16H2. The predicted molar refractivity (Wildman–Crippen MR) is 63.7 cm³/mol. The summed E-state index contributed by atoms with van der Waals surface area (Å²) in [7, 11) is 0. The third-order valence-electron chi connectivity index (χ3n) is 3.40. The lowest BCUT2D eigenvalue weighted by Crippen LogP contribution is -2.34. The Kier molecular flexibility index (Phi) is 3.05. The molecule has 2 N–H and O–H groups in total. The molecule has 16 heavy (non-hydrogen) atoms. The van der Waals surface area contributed by atoms with Gasteiger partial charge < -0.3 is 5.73 Å². The first kappa shape index (κ1) is 12.0. The molecule has 1 saturated carbocycles. The van der Waals surface area contributed by atoms with Crippen molar-refractivity contribution in [3.05, 3.63) is 34.3 Å². The van der Waals surface area contributed by atoms with Gasteiger partial charge >= 0.3 is 0 Å². The van der Waals surface area contributed by atoms with E-state index < -0.39 is 11.3 Å². The van der Waals surface area contributed by atoms with Gasteiger partial charge in [-0.2, -0.15) is 0 Å². The zero-order valence-electron chi connectivity index (χ0n) is 8.85. The highest BCUT2D eigenvalue weighted by Crippen LogP contribution is 2.49. The maximum Gasteiger partial charge on any atom is 0.249 e. The number of hydrogen-bond donors (Lipinski definition) is 1. The molecule has 0 aliphatic heterocycles. The summed E-state index contributed by atoms with van der Waals surface area (Å²) in [4.78, 5) is 0. The summed E-state index contributed by atoms with van der Waals surface area (Å²) >= 11 is 3.42. The van der Waals surface area contributed by atoms with Crippen LogP contribution in [-0.2, 0) is 5.41 Å². The van der Waals surface area contributed by atoms with E-state index in [1.165, 1.54) is 0 Å². The van der Waals surface area contributed by atoms with Crippen LogP contribution < -0.4 is 5.73 Å². The number of halogens is 3. The topological polar surface area (TPSA) is 26.0 Å². The van der Waals surface area contributed by atoms with E-state index in [1.807, 2.05) is 24.3 Å². The maximum atomic E-state index is 13.4. The zero-order chi connectivity index (χ0) is 11.8. The summed E-state index contributed by atoms with van der Waals surface area (Å²) in [5.74, 6) is -2.57. The Bertz CT molecular complexity index is 394. The first-order valence-corrected chi connectivity index (χ1v) is 6.11. The first-order chi connectivity index (χ1) is 7.49. The van der Waals surface area contributed by atoms with Crippen molar-refractivity contribution in [3.8, 4) is 0 Å². The molecule has 0 radical (unpaired) electrons. The van der Waals surface area contributed by atoms with Gasteiger partial charge in [-0.3, -0.25) is 0 Å². The molecule has 1 unspecified atom stereocenters. The summed E-state index contributed by atoms with van der Waals surface area (Å²) in [5.41, 5.74) is 6.08. The number of hydrogen-bond acceptors (Lipinski definition) is 1. The second-order valence-corrected chi connectivity index (χ2v) is 5.35. The van der Waals surface area contributed by atoms with Crippen molar-refractivity contribution < 1.29 is 8.78 Å². The van der Waals surface area contributed by atoms with Crippen LogP contribution in [0.25, 0.3) is 0 Å². The van der Waals surface area contributed by atoms with Crippen LogP contribution in [0.4, 0.5) is 8.78 Å². The summed E-state index contributed by atoms with van der Waals surface area (Å²) in [5, 5.41) is 0. The molecular weight excluding hydrogens is 276 g/mol. The van der Waals surface area contributed by atoms with E-state index in [0.717, 1.165) is 10.0 Å². The van der Waals surface area contributed by atoms with Crippen molar-refractivity contribution in [1.29, 1.82) is 0 Å². The highest BCUT2D eigenvalue weighted by Gasteiger charge is 2.50. The minimum absolute atomic E-state index is 0.0640. The van der Waals surface area contributed by atoms with E-state index in [-0.39, 0.29) is 19.4 Å². The lowest BCUT2D eigenvalue weighted by Gasteiger charge is -2.29. The van der Waals surface area contributed by atoms with Gasteiger partial charge in [-0.15, -0.1) is 0 Å². The molecule has 0 heterocycles. The van der Waals surface area contributed by atoms with Gasteiger partial charge in [0.05, 0.1) is 0 Å². The molecular formula is C12H14BrF2N. The molecule has 88 valence electrons. The Morgan fingerprint density at radius 2 is 1.94 bits per heavy atom. The van der Waals surface area contributed by atoms with Gasteiger partial charge in [-0.05, 0) is 18.1 Å². The van der Waals surface area contributed by atoms with Gasteiger partial charge in [0.1, 0.15) is 0 Å². The molecule has 0 amide bonds. The summed E-state index contributed by atoms with van der Waals surface area (Å²) in [6.07, 6.45) is 0.254. The largest absolute Gasteiger partial charge is 0.330 e. The van der Waals surface area contributed by atoms with E-state index in [0.29, 0.717) is 6.42 Å². The van der Waals surface area contributed by atoms with Crippen LogP contribution in [0, 0.1) is 0 Å². The van der Waals surface area contributed by atoms with E-state index in [1.54, 1.807) is 0 Å². The number of benzene rings is 1. The van der Waals surface area contributed by atoms with Crippen molar-refractivity contribution in [3.63, 3.8) is 0 Å². The molecule has 0 spiro atoms. The Balaban J connectivity index is 2.41. The van der Waals surface area contributed by atoms with Gasteiger partial charge in [0.2, 0.25) is 5.92 Å². The van der Waals surface area contributed by atoms with Crippen LogP contribution in [0.5, 0.6) is 0 Å². The van der Waals surface area contributed by atoms with E-state index >= 15 is 0 Å². The van der Waals surface area contributed by atoms with Crippen molar-refractivity contribution >= 4 is 15.9 Å². The van der Waals surface area contributed by atoms with Crippen molar-refractivity contribution in [2.75, 3.05) is 6.54 Å². The smallest absolute Gasteiger partial charge is 0.249 e. The average Bonchev–Trinajstić information content (AvgIpc) is 2.56. The minimum Gasteiger partial charge on any atom is -0.330 e. The van der Waals surface area contributed by atoms with Gasteiger partial charge in [-0.1, -0.05) is 34.1 Å². The molecule has 1 fully saturated rings. The molecule has 0 aromatic heterocycles. The minimum atomic E-state index is -2.57. The Hall–Kier alpha value is -0.480. The van der Waals surface area contributed by atoms with Gasteiger partial charge in [0.25, 0.3) is 0 Å². The average molecular weight is 290 g/mol. The van der Waals surface area contributed by atoms with Crippen LogP contribution >= 0.6 is 15.9 Å². The van der Waals surface area contributed by atoms with Crippen molar-refractivity contribution in [2.24, 2.45) is 5.73 Å². The van der Waals surface area contributed by atoms with Crippen LogP contribution in [0.15, 0.2) is 28.7 Å². The molecule has 1 nitrogen and oxygen atoms in total. The van der Waals surface area contributed by atoms with Crippen molar-refractivity contribution in [1.82, 2.24) is 0 Å². The molecule has 0 saturated heterocycles. The van der Waals surface area contributed by atoms with Gasteiger partial charge in [-0.25, -0.2) is 8.78 Å². The fourth-order valence-corrected chi connectivity index (χ4v) is 3.20. The van der Waals surface area contributed by atoms with Crippen LogP contribution in [0.3, 0.4) is 0 Å². The Labute approximate surface area is 102 Å². The Morgan fingerprint density at radius 1 is 1.25 bits per heavy atom. The van der Waals surface area contributed by atoms with Gasteiger partial charge in [0, 0.05) is 29.3 Å². The zero-order valence-corrected chi connectivity index (χ0v) is 10.4. The fourth-order valence-electron chi connectivity index (χ4n) is 2.50. The van der Waals surface area contributed by atoms with Crippen LogP contribution in [-0.4, -0.2) is 12.5 Å². The van der Waals surface area contributed by atoms with E-state index in [4.69, 9.17) is 5.73 Å². The molecule has 1 aromatic carbocycles. The summed E-state index contributed by atoms with van der Waals surface area (Å²) < 4.78 is 27.6. The van der Waals surface area contributed by atoms with E-state index in [9.17, 15) is 8.78 Å². The SMILES string of the molecule is NCC1(c2ccccc2Br)CCC(F)(F)C1. The third kappa shape index (κ3) is 2.00. The molecule has 0 bridgehead atoms. The monoisotopic (exact) mass is 289 g/mol. The summed E-state index contributed by atoms with van der Waals surface area (Å²) in [6.45, 7) is 0.269. The maximum absolute atomic E-state index is 13.4. The molecule has 1 aliphatic carbocycles. The lowest BCUT2D eigenvalue weighted by atomic mass is 9.79. The second kappa shape index (κ2) is 4.08. The van der Waals surface area contributed by atoms with Crippen LogP contribution in [0.2, 0.25) is 0 Å². The molecule has 2 rings (SSSR count). The number of rotatable bonds is 2. The van der Waals surface area contributed by atoms with Crippen LogP contribution in [0.1, 0.15) is 24.8 Å². The molecule has 1 aromatic rings. The highest BCUT2D eigenvalue weighted by molar-refractivity contribution is 9.10. The van der Waals surface area contributed by atoms with E-state index in [2.05, 4.69) is 15.9 Å². The van der Waals surface area contributed by atoms with Crippen molar-refractivity contribution in [2.45, 2.75) is 30.6 Å². The second-order valence-electron chi connectivity index (χ2n) is 4.50. The normalized spacial score (nSPS) is 28.2. The van der Waals surface area contributed by atoms with Gasteiger partial charge in [0.15, 0.2) is 0 Å². The highest BCUT2D eigenvalue weighted by atomic mass is 79.9. The molecule has 4 heteroatoms. The number of alkyl halides is 2. The Morgan fingerprint density at radius 3 is 2.44 bits per heavy atom. The third-order valence-corrected chi connectivity index (χ3v) is 4.09.